The van der Waals surface area contributed by atoms with Gasteiger partial charge in [0.15, 0.2) is 0 Å². The number of carbonyl (C=O) groups is 2. The van der Waals surface area contributed by atoms with Gasteiger partial charge in [0.25, 0.3) is 15.9 Å². The molecule has 0 fully saturated rings. The number of sulfonamides is 1. The van der Waals surface area contributed by atoms with Crippen LogP contribution in [0.5, 0.6) is 0 Å². The van der Waals surface area contributed by atoms with Crippen LogP contribution in [0.15, 0.2) is 77.8 Å². The van der Waals surface area contributed by atoms with Gasteiger partial charge in [0.2, 0.25) is 0 Å². The van der Waals surface area contributed by atoms with E-state index in [4.69, 9.17) is 16.3 Å². The van der Waals surface area contributed by atoms with E-state index in [0.717, 1.165) is 5.56 Å². The van der Waals surface area contributed by atoms with Crippen LogP contribution in [-0.2, 0) is 14.8 Å². The molecule has 1 N–H and O–H groups in total. The van der Waals surface area contributed by atoms with Gasteiger partial charge in [-0.25, -0.2) is 13.2 Å². The van der Waals surface area contributed by atoms with Crippen molar-refractivity contribution in [2.75, 3.05) is 11.8 Å². The summed E-state index contributed by atoms with van der Waals surface area (Å²) in [7, 11) is -2.55. The number of aryl methyl sites for hydroxylation is 1. The lowest BCUT2D eigenvalue weighted by Gasteiger charge is -2.11. The van der Waals surface area contributed by atoms with E-state index in [1.807, 2.05) is 6.92 Å². The molecular weight excluding hydrogens is 464 g/mol. The Bertz CT molecular complexity index is 1490. The topological polar surface area (TPSA) is 94.5 Å². The van der Waals surface area contributed by atoms with Gasteiger partial charge in [0.1, 0.15) is 0 Å². The zero-order valence-corrected chi connectivity index (χ0v) is 19.3. The normalized spacial score (nSPS) is 11.4. The van der Waals surface area contributed by atoms with E-state index in [1.54, 1.807) is 36.4 Å². The van der Waals surface area contributed by atoms with Crippen LogP contribution in [0, 0.1) is 6.92 Å². The second-order valence-electron chi connectivity index (χ2n) is 7.34. The van der Waals surface area contributed by atoms with E-state index in [0.29, 0.717) is 10.9 Å². The molecule has 0 radical (unpaired) electrons. The first-order valence-corrected chi connectivity index (χ1v) is 11.7. The monoisotopic (exact) mass is 482 g/mol. The standard InChI is InChI=1S/C24H19ClN2O5S/c1-15-7-10-17(11-8-15)33(30,31)26-16-9-12-19(21(25)13-16)23(28)27-14-20(24(29)32-2)18-5-3-4-6-22(18)27/h3-14,26H,1-2H3. The van der Waals surface area contributed by atoms with Crippen molar-refractivity contribution in [1.82, 2.24) is 4.57 Å². The first kappa shape index (κ1) is 22.6. The van der Waals surface area contributed by atoms with Crippen molar-refractivity contribution in [3.63, 3.8) is 0 Å². The van der Waals surface area contributed by atoms with Crippen molar-refractivity contribution < 1.29 is 22.7 Å². The average molecular weight is 483 g/mol. The molecule has 4 rings (SSSR count). The van der Waals surface area contributed by atoms with E-state index < -0.39 is 21.9 Å². The van der Waals surface area contributed by atoms with Crippen LogP contribution < -0.4 is 4.72 Å². The Morgan fingerprint density at radius 2 is 1.67 bits per heavy atom. The van der Waals surface area contributed by atoms with E-state index in [1.165, 1.54) is 48.2 Å². The van der Waals surface area contributed by atoms with Crippen LogP contribution >= 0.6 is 11.6 Å². The highest BCUT2D eigenvalue weighted by molar-refractivity contribution is 7.92. The van der Waals surface area contributed by atoms with Gasteiger partial charge < -0.3 is 4.74 Å². The van der Waals surface area contributed by atoms with Crippen molar-refractivity contribution in [2.45, 2.75) is 11.8 Å². The Labute approximate surface area is 195 Å². The number of benzene rings is 3. The largest absolute Gasteiger partial charge is 0.465 e. The lowest BCUT2D eigenvalue weighted by atomic mass is 10.1. The van der Waals surface area contributed by atoms with Gasteiger partial charge >= 0.3 is 5.97 Å². The molecule has 0 saturated heterocycles. The van der Waals surface area contributed by atoms with Crippen LogP contribution in [0.25, 0.3) is 10.9 Å². The SMILES string of the molecule is COC(=O)c1cn(C(=O)c2ccc(NS(=O)(=O)c3ccc(C)cc3)cc2Cl)c2ccccc12. The zero-order valence-electron chi connectivity index (χ0n) is 17.7. The number of nitrogens with zero attached hydrogens (tertiary/aromatic N) is 1. The smallest absolute Gasteiger partial charge is 0.340 e. The maximum Gasteiger partial charge on any atom is 0.340 e. The number of rotatable bonds is 5. The number of aromatic nitrogens is 1. The lowest BCUT2D eigenvalue weighted by molar-refractivity contribution is 0.0603. The number of halogens is 1. The van der Waals surface area contributed by atoms with Crippen molar-refractivity contribution in [3.8, 4) is 0 Å². The van der Waals surface area contributed by atoms with Gasteiger partial charge in [0, 0.05) is 11.6 Å². The first-order valence-electron chi connectivity index (χ1n) is 9.83. The molecular formula is C24H19ClN2O5S. The molecule has 168 valence electrons. The number of esters is 1. The minimum Gasteiger partial charge on any atom is -0.465 e. The van der Waals surface area contributed by atoms with E-state index in [-0.39, 0.29) is 26.7 Å². The number of nitrogens with one attached hydrogen (secondary N) is 1. The average Bonchev–Trinajstić information content (AvgIpc) is 3.18. The van der Waals surface area contributed by atoms with E-state index in [9.17, 15) is 18.0 Å². The molecule has 1 heterocycles. The summed E-state index contributed by atoms with van der Waals surface area (Å²) in [5.41, 5.74) is 2.06. The van der Waals surface area contributed by atoms with Crippen LogP contribution in [0.2, 0.25) is 5.02 Å². The highest BCUT2D eigenvalue weighted by Crippen LogP contribution is 2.27. The molecule has 1 aromatic heterocycles. The Morgan fingerprint density at radius 3 is 2.33 bits per heavy atom. The maximum atomic E-state index is 13.2. The molecule has 0 aliphatic heterocycles. The van der Waals surface area contributed by atoms with Crippen LogP contribution in [0.4, 0.5) is 5.69 Å². The molecule has 7 nitrogen and oxygen atoms in total. The second-order valence-corrected chi connectivity index (χ2v) is 9.43. The minimum atomic E-state index is -3.82. The summed E-state index contributed by atoms with van der Waals surface area (Å²) in [6, 6.07) is 17.6. The number of fused-ring (bicyclic) bond motifs is 1. The molecule has 0 aliphatic carbocycles. The summed E-state index contributed by atoms with van der Waals surface area (Å²) in [6.07, 6.45) is 1.41. The van der Waals surface area contributed by atoms with Gasteiger partial charge in [-0.3, -0.25) is 14.1 Å². The maximum absolute atomic E-state index is 13.2. The van der Waals surface area contributed by atoms with Crippen molar-refractivity contribution >= 4 is 50.1 Å². The summed E-state index contributed by atoms with van der Waals surface area (Å²) >= 11 is 6.36. The fraction of sp³-hybridized carbons (Fsp3) is 0.0833. The number of anilines is 1. The first-order chi connectivity index (χ1) is 15.7. The van der Waals surface area contributed by atoms with E-state index >= 15 is 0 Å². The van der Waals surface area contributed by atoms with Crippen LogP contribution in [0.1, 0.15) is 26.3 Å². The van der Waals surface area contributed by atoms with Gasteiger partial charge in [-0.2, -0.15) is 0 Å². The van der Waals surface area contributed by atoms with E-state index in [2.05, 4.69) is 4.72 Å². The third-order valence-electron chi connectivity index (χ3n) is 5.12. The predicted octanol–water partition coefficient (Wildman–Crippen LogP) is 4.88. The van der Waals surface area contributed by atoms with Gasteiger partial charge in [0.05, 0.1) is 39.4 Å². The Kier molecular flexibility index (Phi) is 5.97. The molecule has 0 spiro atoms. The van der Waals surface area contributed by atoms with Crippen LogP contribution in [0.3, 0.4) is 0 Å². The number of hydrogen-bond acceptors (Lipinski definition) is 5. The van der Waals surface area contributed by atoms with Gasteiger partial charge in [-0.15, -0.1) is 0 Å². The predicted molar refractivity (Wildman–Crippen MR) is 126 cm³/mol. The fourth-order valence-corrected chi connectivity index (χ4v) is 4.74. The highest BCUT2D eigenvalue weighted by atomic mass is 35.5. The summed E-state index contributed by atoms with van der Waals surface area (Å²) in [5, 5.41) is 0.623. The van der Waals surface area contributed by atoms with Gasteiger partial charge in [-0.1, -0.05) is 47.5 Å². The molecule has 9 heteroatoms. The zero-order chi connectivity index (χ0) is 23.8. The van der Waals surface area contributed by atoms with Crippen LogP contribution in [-0.4, -0.2) is 32.0 Å². The fourth-order valence-electron chi connectivity index (χ4n) is 3.43. The number of para-hydroxylation sites is 1. The molecule has 3 aromatic carbocycles. The Balaban J connectivity index is 1.67. The summed E-state index contributed by atoms with van der Waals surface area (Å²) in [4.78, 5) is 25.5. The molecule has 0 amide bonds. The number of ether oxygens (including phenoxy) is 1. The third-order valence-corrected chi connectivity index (χ3v) is 6.83. The third kappa shape index (κ3) is 4.35. The molecule has 0 unspecified atom stereocenters. The number of hydrogen-bond donors (Lipinski definition) is 1. The molecule has 33 heavy (non-hydrogen) atoms. The molecule has 0 atom stereocenters. The van der Waals surface area contributed by atoms with Crippen molar-refractivity contribution in [3.05, 3.63) is 94.6 Å². The van der Waals surface area contributed by atoms with Crippen molar-refractivity contribution in [1.29, 1.82) is 0 Å². The lowest BCUT2D eigenvalue weighted by Crippen LogP contribution is -2.14. The quantitative estimate of drug-likeness (QED) is 0.409. The molecule has 0 saturated carbocycles. The number of carbonyl (C=O) groups excluding carboxylic acids is 2. The Morgan fingerprint density at radius 1 is 0.970 bits per heavy atom. The summed E-state index contributed by atoms with van der Waals surface area (Å²) in [5.74, 6) is -1.04. The minimum absolute atomic E-state index is 0.0569. The molecule has 0 bridgehead atoms. The highest BCUT2D eigenvalue weighted by Gasteiger charge is 2.22. The molecule has 0 aliphatic rings. The van der Waals surface area contributed by atoms with Crippen molar-refractivity contribution in [2.24, 2.45) is 0 Å². The second kappa shape index (κ2) is 8.73. The summed E-state index contributed by atoms with van der Waals surface area (Å²) < 4.78 is 33.9. The summed E-state index contributed by atoms with van der Waals surface area (Å²) in [6.45, 7) is 1.86. The molecule has 4 aromatic rings. The van der Waals surface area contributed by atoms with Gasteiger partial charge in [-0.05, 0) is 43.3 Å². The Hall–Kier alpha value is -3.62. The number of methoxy groups -OCH3 is 1.